The van der Waals surface area contributed by atoms with Crippen LogP contribution in [0.5, 0.6) is 0 Å². The lowest BCUT2D eigenvalue weighted by atomic mass is 10.0. The molecule has 1 aromatic rings. The van der Waals surface area contributed by atoms with Crippen LogP contribution in [0, 0.1) is 5.92 Å². The first-order chi connectivity index (χ1) is 12.2. The fraction of sp³-hybridized carbons (Fsp3) is 0.611. The Hall–Kier alpha value is -1.99. The van der Waals surface area contributed by atoms with Crippen molar-refractivity contribution in [3.63, 3.8) is 0 Å². The predicted octanol–water partition coefficient (Wildman–Crippen LogP) is -0.0269. The molecule has 3 fully saturated rings. The molecule has 4 rings (SSSR count). The highest BCUT2D eigenvalue weighted by atomic mass is 16.5. The molecule has 4 heterocycles. The summed E-state index contributed by atoms with van der Waals surface area (Å²) in [5.74, 6) is -0.0301. The molecule has 1 aromatic heterocycles. The van der Waals surface area contributed by atoms with Crippen LogP contribution in [0.25, 0.3) is 0 Å². The summed E-state index contributed by atoms with van der Waals surface area (Å²) in [6.07, 6.45) is 2.05. The number of morpholine rings is 1. The van der Waals surface area contributed by atoms with E-state index < -0.39 is 0 Å². The van der Waals surface area contributed by atoms with E-state index >= 15 is 0 Å². The van der Waals surface area contributed by atoms with Crippen LogP contribution in [0.15, 0.2) is 24.4 Å². The highest BCUT2D eigenvalue weighted by molar-refractivity contribution is 5.89. The van der Waals surface area contributed by atoms with E-state index in [4.69, 9.17) is 4.74 Å². The summed E-state index contributed by atoms with van der Waals surface area (Å²) in [5, 5.41) is 0. The summed E-state index contributed by atoms with van der Waals surface area (Å²) in [4.78, 5) is 35.3. The van der Waals surface area contributed by atoms with Gasteiger partial charge in [-0.2, -0.15) is 0 Å². The summed E-state index contributed by atoms with van der Waals surface area (Å²) < 4.78 is 5.38. The van der Waals surface area contributed by atoms with E-state index in [1.807, 2.05) is 23.1 Å². The molecule has 7 heteroatoms. The van der Waals surface area contributed by atoms with E-state index in [1.165, 1.54) is 0 Å². The fourth-order valence-electron chi connectivity index (χ4n) is 3.84. The van der Waals surface area contributed by atoms with Crippen LogP contribution in [0.1, 0.15) is 12.1 Å². The van der Waals surface area contributed by atoms with Gasteiger partial charge in [-0.05, 0) is 12.1 Å². The quantitative estimate of drug-likeness (QED) is 0.768. The number of hydrogen-bond acceptors (Lipinski definition) is 5. The van der Waals surface area contributed by atoms with Crippen LogP contribution in [0.3, 0.4) is 0 Å². The van der Waals surface area contributed by atoms with Gasteiger partial charge in [0.15, 0.2) is 0 Å². The van der Waals surface area contributed by atoms with E-state index in [0.717, 1.165) is 45.1 Å². The van der Waals surface area contributed by atoms with Crippen molar-refractivity contribution < 1.29 is 14.3 Å². The van der Waals surface area contributed by atoms with Crippen molar-refractivity contribution in [2.24, 2.45) is 5.92 Å². The lowest BCUT2D eigenvalue weighted by Gasteiger charge is -2.47. The molecule has 0 radical (unpaired) electrons. The lowest BCUT2D eigenvalue weighted by Crippen LogP contribution is -2.63. The summed E-state index contributed by atoms with van der Waals surface area (Å²) in [6.45, 7) is 6.02. The minimum absolute atomic E-state index is 0.0502. The Balaban J connectivity index is 1.28. The Kier molecular flexibility index (Phi) is 4.67. The zero-order valence-electron chi connectivity index (χ0n) is 14.3. The van der Waals surface area contributed by atoms with Gasteiger partial charge in [-0.3, -0.25) is 19.5 Å². The summed E-state index contributed by atoms with van der Waals surface area (Å²) >= 11 is 0. The molecule has 25 heavy (non-hydrogen) atoms. The maximum Gasteiger partial charge on any atom is 0.228 e. The van der Waals surface area contributed by atoms with Crippen molar-refractivity contribution in [2.75, 3.05) is 45.9 Å². The Bertz CT molecular complexity index is 626. The Morgan fingerprint density at radius 1 is 1.20 bits per heavy atom. The molecule has 134 valence electrons. The first kappa shape index (κ1) is 16.5. The van der Waals surface area contributed by atoms with Gasteiger partial charge in [-0.1, -0.05) is 6.07 Å². The topological polar surface area (TPSA) is 66.0 Å². The molecule has 0 aliphatic carbocycles. The number of carbonyl (C=O) groups is 2. The monoisotopic (exact) mass is 344 g/mol. The van der Waals surface area contributed by atoms with Crippen LogP contribution in [0.2, 0.25) is 0 Å². The normalized spacial score (nSPS) is 25.3. The second kappa shape index (κ2) is 7.09. The van der Waals surface area contributed by atoms with Gasteiger partial charge in [0.2, 0.25) is 11.8 Å². The second-order valence-electron chi connectivity index (χ2n) is 7.04. The molecule has 2 amide bonds. The first-order valence-corrected chi connectivity index (χ1v) is 8.99. The minimum atomic E-state index is -0.207. The SMILES string of the molecule is O=C1C[C@@H](C(=O)N2CC(N3CCOCC3)C2)CN1Cc1ccccn1. The molecule has 0 aromatic carbocycles. The average Bonchev–Trinajstić information content (AvgIpc) is 2.96. The van der Waals surface area contributed by atoms with E-state index in [1.54, 1.807) is 11.1 Å². The van der Waals surface area contributed by atoms with Crippen molar-refractivity contribution in [3.8, 4) is 0 Å². The lowest BCUT2D eigenvalue weighted by molar-refractivity contribution is -0.144. The van der Waals surface area contributed by atoms with E-state index in [0.29, 0.717) is 25.6 Å². The summed E-state index contributed by atoms with van der Waals surface area (Å²) in [7, 11) is 0. The standard InChI is InChI=1S/C18H24N4O3/c23-17-9-14(10-21(17)11-15-3-1-2-4-19-15)18(24)22-12-16(13-22)20-5-7-25-8-6-20/h1-4,14,16H,5-13H2/t14-/m1/s1. The zero-order valence-corrected chi connectivity index (χ0v) is 14.3. The number of hydrogen-bond donors (Lipinski definition) is 0. The van der Waals surface area contributed by atoms with Crippen molar-refractivity contribution in [1.29, 1.82) is 0 Å². The minimum Gasteiger partial charge on any atom is -0.379 e. The van der Waals surface area contributed by atoms with E-state index in [2.05, 4.69) is 9.88 Å². The third-order valence-electron chi connectivity index (χ3n) is 5.38. The van der Waals surface area contributed by atoms with Gasteiger partial charge >= 0.3 is 0 Å². The molecule has 0 unspecified atom stereocenters. The average molecular weight is 344 g/mol. The molecule has 3 aliphatic heterocycles. The number of rotatable bonds is 4. The van der Waals surface area contributed by atoms with Crippen LogP contribution < -0.4 is 0 Å². The predicted molar refractivity (Wildman–Crippen MR) is 90.5 cm³/mol. The number of aromatic nitrogens is 1. The molecular formula is C18H24N4O3. The Morgan fingerprint density at radius 2 is 2.00 bits per heavy atom. The first-order valence-electron chi connectivity index (χ1n) is 8.99. The second-order valence-corrected chi connectivity index (χ2v) is 7.04. The highest BCUT2D eigenvalue weighted by Gasteiger charge is 2.42. The summed E-state index contributed by atoms with van der Waals surface area (Å²) in [6, 6.07) is 6.13. The maximum atomic E-state index is 12.7. The molecule has 3 aliphatic rings. The van der Waals surface area contributed by atoms with E-state index in [9.17, 15) is 9.59 Å². The van der Waals surface area contributed by atoms with Gasteiger partial charge < -0.3 is 14.5 Å². The van der Waals surface area contributed by atoms with Crippen molar-refractivity contribution in [3.05, 3.63) is 30.1 Å². The van der Waals surface area contributed by atoms with Crippen LogP contribution in [-0.2, 0) is 20.9 Å². The van der Waals surface area contributed by atoms with Crippen molar-refractivity contribution in [2.45, 2.75) is 19.0 Å². The maximum absolute atomic E-state index is 12.7. The molecule has 1 atom stereocenters. The molecule has 0 spiro atoms. The number of pyridine rings is 1. The van der Waals surface area contributed by atoms with Gasteiger partial charge in [0.25, 0.3) is 0 Å². The van der Waals surface area contributed by atoms with Gasteiger partial charge in [0.1, 0.15) is 0 Å². The molecule has 0 saturated carbocycles. The number of ether oxygens (including phenoxy) is 1. The van der Waals surface area contributed by atoms with E-state index in [-0.39, 0.29) is 17.7 Å². The highest BCUT2D eigenvalue weighted by Crippen LogP contribution is 2.25. The molecular weight excluding hydrogens is 320 g/mol. The van der Waals surface area contributed by atoms with Crippen molar-refractivity contribution >= 4 is 11.8 Å². The smallest absolute Gasteiger partial charge is 0.228 e. The van der Waals surface area contributed by atoms with Crippen molar-refractivity contribution in [1.82, 2.24) is 19.7 Å². The molecule has 0 N–H and O–H groups in total. The summed E-state index contributed by atoms with van der Waals surface area (Å²) in [5.41, 5.74) is 0.861. The van der Waals surface area contributed by atoms with Gasteiger partial charge in [-0.15, -0.1) is 0 Å². The molecule has 3 saturated heterocycles. The van der Waals surface area contributed by atoms with Crippen LogP contribution >= 0.6 is 0 Å². The number of nitrogens with zero attached hydrogens (tertiary/aromatic N) is 4. The largest absolute Gasteiger partial charge is 0.379 e. The number of likely N-dealkylation sites (tertiary alicyclic amines) is 2. The fourth-order valence-corrected chi connectivity index (χ4v) is 3.84. The third-order valence-corrected chi connectivity index (χ3v) is 5.38. The number of amides is 2. The molecule has 7 nitrogen and oxygen atoms in total. The van der Waals surface area contributed by atoms with Gasteiger partial charge in [0.05, 0.1) is 31.4 Å². The van der Waals surface area contributed by atoms with Gasteiger partial charge in [-0.25, -0.2) is 0 Å². The zero-order chi connectivity index (χ0) is 17.2. The van der Waals surface area contributed by atoms with Gasteiger partial charge in [0, 0.05) is 51.4 Å². The van der Waals surface area contributed by atoms with Crippen LogP contribution in [-0.4, -0.2) is 83.5 Å². The Morgan fingerprint density at radius 3 is 2.72 bits per heavy atom. The number of carbonyl (C=O) groups excluding carboxylic acids is 2. The third kappa shape index (κ3) is 3.52. The Labute approximate surface area is 147 Å². The molecule has 0 bridgehead atoms. The van der Waals surface area contributed by atoms with Crippen LogP contribution in [0.4, 0.5) is 0 Å².